The van der Waals surface area contributed by atoms with E-state index in [4.69, 9.17) is 14.2 Å². The zero-order valence-corrected chi connectivity index (χ0v) is 14.8. The summed E-state index contributed by atoms with van der Waals surface area (Å²) in [5.74, 6) is 0.882. The smallest absolute Gasteiger partial charge is 0.324 e. The van der Waals surface area contributed by atoms with Crippen molar-refractivity contribution in [3.05, 3.63) is 24.3 Å². The number of hydrogen-bond donors (Lipinski definition) is 0. The molecule has 1 fully saturated rings. The Bertz CT molecular complexity index is 643. The molecular weight excluding hydrogens is 334 g/mol. The SMILES string of the molecule is COC(=O)C1CS(=O)(=O)CCN1CCCOc1ccc(OC)cc1. The van der Waals surface area contributed by atoms with Gasteiger partial charge in [0.2, 0.25) is 0 Å². The summed E-state index contributed by atoms with van der Waals surface area (Å²) in [6, 6.07) is 6.55. The number of carbonyl (C=O) groups excluding carboxylic acids is 1. The molecule has 0 radical (unpaired) electrons. The maximum Gasteiger partial charge on any atom is 0.324 e. The summed E-state index contributed by atoms with van der Waals surface area (Å²) in [4.78, 5) is 13.7. The molecule has 0 aromatic heterocycles. The molecule has 0 saturated carbocycles. The zero-order valence-electron chi connectivity index (χ0n) is 13.9. The zero-order chi connectivity index (χ0) is 17.6. The molecule has 1 heterocycles. The quantitative estimate of drug-likeness (QED) is 0.526. The van der Waals surface area contributed by atoms with Crippen molar-refractivity contribution in [3.63, 3.8) is 0 Å². The predicted molar refractivity (Wildman–Crippen MR) is 89.1 cm³/mol. The van der Waals surface area contributed by atoms with E-state index in [-0.39, 0.29) is 11.5 Å². The van der Waals surface area contributed by atoms with Gasteiger partial charge >= 0.3 is 5.97 Å². The van der Waals surface area contributed by atoms with Gasteiger partial charge in [0.05, 0.1) is 32.3 Å². The Morgan fingerprint density at radius 3 is 2.50 bits per heavy atom. The number of ether oxygens (including phenoxy) is 3. The molecule has 0 aliphatic carbocycles. The predicted octanol–water partition coefficient (Wildman–Crippen LogP) is 0.736. The summed E-state index contributed by atoms with van der Waals surface area (Å²) in [5, 5.41) is 0. The van der Waals surface area contributed by atoms with Crippen molar-refractivity contribution in [2.75, 3.05) is 45.4 Å². The van der Waals surface area contributed by atoms with Crippen LogP contribution in [0.3, 0.4) is 0 Å². The molecule has 1 unspecified atom stereocenters. The van der Waals surface area contributed by atoms with E-state index in [1.165, 1.54) is 7.11 Å². The van der Waals surface area contributed by atoms with E-state index < -0.39 is 21.8 Å². The lowest BCUT2D eigenvalue weighted by molar-refractivity contribution is -0.146. The number of rotatable bonds is 7. The summed E-state index contributed by atoms with van der Waals surface area (Å²) in [6.45, 7) is 1.39. The van der Waals surface area contributed by atoms with Gasteiger partial charge < -0.3 is 14.2 Å². The van der Waals surface area contributed by atoms with Crippen molar-refractivity contribution >= 4 is 15.8 Å². The van der Waals surface area contributed by atoms with Crippen molar-refractivity contribution in [1.82, 2.24) is 4.90 Å². The number of benzene rings is 1. The van der Waals surface area contributed by atoms with E-state index >= 15 is 0 Å². The first-order valence-electron chi connectivity index (χ1n) is 7.74. The molecule has 7 nitrogen and oxygen atoms in total. The van der Waals surface area contributed by atoms with Crippen molar-refractivity contribution in [1.29, 1.82) is 0 Å². The molecular formula is C16H23NO6S. The third-order valence-electron chi connectivity index (χ3n) is 3.93. The highest BCUT2D eigenvalue weighted by molar-refractivity contribution is 7.91. The maximum absolute atomic E-state index is 11.8. The van der Waals surface area contributed by atoms with Crippen LogP contribution in [0.25, 0.3) is 0 Å². The number of nitrogens with zero attached hydrogens (tertiary/aromatic N) is 1. The first-order chi connectivity index (χ1) is 11.4. The average molecular weight is 357 g/mol. The number of methoxy groups -OCH3 is 2. The lowest BCUT2D eigenvalue weighted by Crippen LogP contribution is -2.53. The Kier molecular flexibility index (Phi) is 6.44. The molecule has 8 heteroatoms. The molecule has 2 rings (SSSR count). The van der Waals surface area contributed by atoms with Gasteiger partial charge in [-0.25, -0.2) is 8.42 Å². The van der Waals surface area contributed by atoms with Crippen LogP contribution in [-0.2, 0) is 19.4 Å². The van der Waals surface area contributed by atoms with E-state index in [2.05, 4.69) is 0 Å². The third kappa shape index (κ3) is 5.10. The molecule has 0 spiro atoms. The Morgan fingerprint density at radius 2 is 1.88 bits per heavy atom. The largest absolute Gasteiger partial charge is 0.497 e. The van der Waals surface area contributed by atoms with E-state index in [1.54, 1.807) is 7.11 Å². The first kappa shape index (κ1) is 18.5. The Morgan fingerprint density at radius 1 is 1.21 bits per heavy atom. The van der Waals surface area contributed by atoms with Crippen LogP contribution < -0.4 is 9.47 Å². The summed E-state index contributed by atoms with van der Waals surface area (Å²) in [6.07, 6.45) is 0.680. The maximum atomic E-state index is 11.8. The van der Waals surface area contributed by atoms with Crippen LogP contribution in [0.15, 0.2) is 24.3 Å². The molecule has 1 aromatic rings. The van der Waals surface area contributed by atoms with Crippen molar-refractivity contribution in [2.24, 2.45) is 0 Å². The fourth-order valence-electron chi connectivity index (χ4n) is 2.59. The van der Waals surface area contributed by atoms with Crippen LogP contribution in [-0.4, -0.2) is 70.8 Å². The van der Waals surface area contributed by atoms with E-state index in [9.17, 15) is 13.2 Å². The van der Waals surface area contributed by atoms with Crippen LogP contribution in [0.1, 0.15) is 6.42 Å². The van der Waals surface area contributed by atoms with Gasteiger partial charge in [-0.15, -0.1) is 0 Å². The number of hydrogen-bond acceptors (Lipinski definition) is 7. The average Bonchev–Trinajstić information content (AvgIpc) is 2.59. The van der Waals surface area contributed by atoms with E-state index in [0.717, 1.165) is 11.5 Å². The van der Waals surface area contributed by atoms with Crippen LogP contribution in [0.5, 0.6) is 11.5 Å². The highest BCUT2D eigenvalue weighted by Crippen LogP contribution is 2.18. The third-order valence-corrected chi connectivity index (χ3v) is 5.56. The second kappa shape index (κ2) is 8.34. The number of sulfone groups is 1. The summed E-state index contributed by atoms with van der Waals surface area (Å²) < 4.78 is 38.9. The minimum atomic E-state index is -3.19. The van der Waals surface area contributed by atoms with E-state index in [1.807, 2.05) is 29.2 Å². The number of carbonyl (C=O) groups is 1. The molecule has 0 bridgehead atoms. The van der Waals surface area contributed by atoms with Gasteiger partial charge in [-0.2, -0.15) is 0 Å². The number of esters is 1. The standard InChI is InChI=1S/C16H23NO6S/c1-21-13-4-6-14(7-5-13)23-10-3-8-17-9-11-24(19,20)12-15(17)16(18)22-2/h4-7,15H,3,8-12H2,1-2H3. The minimum Gasteiger partial charge on any atom is -0.497 e. The monoisotopic (exact) mass is 357 g/mol. The van der Waals surface area contributed by atoms with Gasteiger partial charge in [0, 0.05) is 13.1 Å². The molecule has 1 atom stereocenters. The summed E-state index contributed by atoms with van der Waals surface area (Å²) >= 11 is 0. The van der Waals surface area contributed by atoms with Gasteiger partial charge in [0.1, 0.15) is 17.5 Å². The van der Waals surface area contributed by atoms with Crippen LogP contribution >= 0.6 is 0 Å². The summed E-state index contributed by atoms with van der Waals surface area (Å²) in [7, 11) is -0.310. The molecule has 134 valence electrons. The molecule has 0 N–H and O–H groups in total. The minimum absolute atomic E-state index is 0.0693. The molecule has 1 aliphatic rings. The van der Waals surface area contributed by atoms with Crippen molar-refractivity contribution < 1.29 is 27.4 Å². The molecule has 1 aliphatic heterocycles. The second-order valence-electron chi connectivity index (χ2n) is 5.57. The van der Waals surface area contributed by atoms with Crippen LogP contribution in [0.4, 0.5) is 0 Å². The normalized spacial score (nSPS) is 20.3. The molecule has 1 saturated heterocycles. The van der Waals surface area contributed by atoms with Gasteiger partial charge in [-0.1, -0.05) is 0 Å². The highest BCUT2D eigenvalue weighted by atomic mass is 32.2. The Hall–Kier alpha value is -1.80. The molecule has 24 heavy (non-hydrogen) atoms. The van der Waals surface area contributed by atoms with Gasteiger partial charge in [-0.05, 0) is 30.7 Å². The Balaban J connectivity index is 1.82. The van der Waals surface area contributed by atoms with Gasteiger partial charge in [-0.3, -0.25) is 9.69 Å². The van der Waals surface area contributed by atoms with Crippen LogP contribution in [0, 0.1) is 0 Å². The van der Waals surface area contributed by atoms with Crippen molar-refractivity contribution in [3.8, 4) is 11.5 Å². The van der Waals surface area contributed by atoms with E-state index in [0.29, 0.717) is 26.1 Å². The lowest BCUT2D eigenvalue weighted by Gasteiger charge is -2.33. The fraction of sp³-hybridized carbons (Fsp3) is 0.562. The van der Waals surface area contributed by atoms with Gasteiger partial charge in [0.25, 0.3) is 0 Å². The molecule has 1 aromatic carbocycles. The highest BCUT2D eigenvalue weighted by Gasteiger charge is 2.36. The topological polar surface area (TPSA) is 82.1 Å². The van der Waals surface area contributed by atoms with Crippen LogP contribution in [0.2, 0.25) is 0 Å². The first-order valence-corrected chi connectivity index (χ1v) is 9.56. The fourth-order valence-corrected chi connectivity index (χ4v) is 4.10. The summed E-state index contributed by atoms with van der Waals surface area (Å²) in [5.41, 5.74) is 0. The Labute approximate surface area is 142 Å². The second-order valence-corrected chi connectivity index (χ2v) is 7.80. The lowest BCUT2D eigenvalue weighted by atomic mass is 10.2. The van der Waals surface area contributed by atoms with Gasteiger partial charge in [0.15, 0.2) is 9.84 Å². The molecule has 0 amide bonds. The van der Waals surface area contributed by atoms with Crippen molar-refractivity contribution in [2.45, 2.75) is 12.5 Å².